The third kappa shape index (κ3) is 5.56. The maximum atomic E-state index is 13.5. The first-order valence-electron chi connectivity index (χ1n) is 11.9. The second kappa shape index (κ2) is 10.8. The van der Waals surface area contributed by atoms with Crippen LogP contribution in [0.2, 0.25) is 5.02 Å². The number of aromatic nitrogens is 2. The van der Waals surface area contributed by atoms with E-state index >= 15 is 0 Å². The second-order valence-electron chi connectivity index (χ2n) is 9.14. The van der Waals surface area contributed by atoms with E-state index in [-0.39, 0.29) is 24.1 Å². The summed E-state index contributed by atoms with van der Waals surface area (Å²) < 4.78 is 26.8. The highest BCUT2D eigenvalue weighted by Crippen LogP contribution is 2.35. The van der Waals surface area contributed by atoms with Crippen molar-refractivity contribution in [2.45, 2.75) is 31.2 Å². The molecule has 0 bridgehead atoms. The molecule has 1 amide bonds. The minimum Gasteiger partial charge on any atom is -0.390 e. The monoisotopic (exact) mass is 522 g/mol. The van der Waals surface area contributed by atoms with E-state index in [1.54, 1.807) is 42.6 Å². The molecule has 4 aromatic rings. The van der Waals surface area contributed by atoms with Gasteiger partial charge in [-0.15, -0.1) is 0 Å². The van der Waals surface area contributed by atoms with Crippen molar-refractivity contribution < 1.29 is 18.7 Å². The summed E-state index contributed by atoms with van der Waals surface area (Å²) in [6.07, 6.45) is 0.680. The summed E-state index contributed by atoms with van der Waals surface area (Å²) in [5.41, 5.74) is 4.03. The van der Waals surface area contributed by atoms with Crippen LogP contribution < -0.4 is 5.32 Å². The van der Waals surface area contributed by atoms with Gasteiger partial charge in [-0.25, -0.2) is 8.78 Å². The molecule has 1 aliphatic rings. The van der Waals surface area contributed by atoms with Gasteiger partial charge in [0.1, 0.15) is 17.7 Å². The van der Waals surface area contributed by atoms with Crippen LogP contribution >= 0.6 is 11.6 Å². The van der Waals surface area contributed by atoms with Gasteiger partial charge in [0.15, 0.2) is 0 Å². The van der Waals surface area contributed by atoms with Crippen LogP contribution in [-0.4, -0.2) is 44.8 Å². The summed E-state index contributed by atoms with van der Waals surface area (Å²) in [6, 6.07) is 18.3. The Hall–Kier alpha value is -3.59. The molecule has 0 unspecified atom stereocenters. The van der Waals surface area contributed by atoms with E-state index < -0.39 is 18.1 Å². The van der Waals surface area contributed by atoms with Crippen molar-refractivity contribution in [3.8, 4) is 11.3 Å². The van der Waals surface area contributed by atoms with E-state index in [0.29, 0.717) is 18.1 Å². The number of carbonyl (C=O) groups excluding carboxylic acids is 1. The van der Waals surface area contributed by atoms with Gasteiger partial charge < -0.3 is 10.4 Å². The first-order chi connectivity index (χ1) is 17.9. The number of carbonyl (C=O) groups is 1. The number of hydrogen-bond acceptors (Lipinski definition) is 4. The molecule has 9 heteroatoms. The highest BCUT2D eigenvalue weighted by Gasteiger charge is 2.45. The minimum absolute atomic E-state index is 0.194. The lowest BCUT2D eigenvalue weighted by molar-refractivity contribution is -0.128. The normalized spacial score (nSPS) is 19.7. The van der Waals surface area contributed by atoms with E-state index in [1.807, 2.05) is 17.0 Å². The zero-order valence-electron chi connectivity index (χ0n) is 19.7. The topological polar surface area (TPSA) is 81.2 Å². The fourth-order valence-corrected chi connectivity index (χ4v) is 4.94. The highest BCUT2D eigenvalue weighted by molar-refractivity contribution is 6.30. The molecule has 0 radical (unpaired) electrons. The number of halogens is 3. The number of aliphatic hydroxyl groups excluding tert-OH is 1. The number of nitrogens with one attached hydrogen (secondary N) is 2. The predicted molar refractivity (Wildman–Crippen MR) is 137 cm³/mol. The molecule has 3 atom stereocenters. The molecule has 1 aromatic heterocycles. The van der Waals surface area contributed by atoms with Crippen molar-refractivity contribution in [1.29, 1.82) is 0 Å². The molecular weight excluding hydrogens is 498 g/mol. The number of H-pyrrole nitrogens is 1. The third-order valence-electron chi connectivity index (χ3n) is 6.73. The van der Waals surface area contributed by atoms with Gasteiger partial charge in [0.25, 0.3) is 0 Å². The van der Waals surface area contributed by atoms with Gasteiger partial charge >= 0.3 is 0 Å². The zero-order valence-corrected chi connectivity index (χ0v) is 20.5. The molecule has 0 spiro atoms. The van der Waals surface area contributed by atoms with Crippen molar-refractivity contribution in [3.63, 3.8) is 0 Å². The summed E-state index contributed by atoms with van der Waals surface area (Å²) >= 11 is 6.04. The van der Waals surface area contributed by atoms with Gasteiger partial charge in [-0.3, -0.25) is 14.8 Å². The van der Waals surface area contributed by atoms with Crippen LogP contribution in [0.1, 0.15) is 22.6 Å². The Morgan fingerprint density at radius 2 is 1.68 bits per heavy atom. The maximum Gasteiger partial charge on any atom is 0.240 e. The number of aromatic amines is 1. The quantitative estimate of drug-likeness (QED) is 0.330. The molecule has 5 rings (SSSR count). The van der Waals surface area contributed by atoms with Crippen LogP contribution in [0.3, 0.4) is 0 Å². The molecule has 1 aliphatic heterocycles. The van der Waals surface area contributed by atoms with Crippen LogP contribution in [0.4, 0.5) is 8.78 Å². The van der Waals surface area contributed by atoms with Gasteiger partial charge in [0.05, 0.1) is 18.0 Å². The lowest BCUT2D eigenvalue weighted by atomic mass is 9.93. The minimum atomic E-state index is -1.02. The second-order valence-corrected chi connectivity index (χ2v) is 9.58. The number of aliphatic hydroxyl groups is 1. The Bertz CT molecular complexity index is 1360. The van der Waals surface area contributed by atoms with Crippen LogP contribution in [0.15, 0.2) is 79.0 Å². The molecule has 0 saturated carbocycles. The molecule has 3 aromatic carbocycles. The van der Waals surface area contributed by atoms with E-state index in [1.165, 1.54) is 24.3 Å². The fourth-order valence-electron chi connectivity index (χ4n) is 4.82. The average molecular weight is 523 g/mol. The molecule has 190 valence electrons. The molecule has 1 saturated heterocycles. The Labute approximate surface area is 217 Å². The summed E-state index contributed by atoms with van der Waals surface area (Å²) in [5, 5.41) is 22.0. The zero-order chi connectivity index (χ0) is 25.9. The van der Waals surface area contributed by atoms with Crippen LogP contribution in [0, 0.1) is 11.6 Å². The number of nitrogens with zero attached hydrogens (tertiary/aromatic N) is 2. The van der Waals surface area contributed by atoms with Crippen LogP contribution in [0.25, 0.3) is 11.3 Å². The van der Waals surface area contributed by atoms with Crippen molar-refractivity contribution in [3.05, 3.63) is 112 Å². The molecule has 3 N–H and O–H groups in total. The fraction of sp³-hybridized carbons (Fsp3) is 0.214. The Morgan fingerprint density at radius 1 is 1.03 bits per heavy atom. The van der Waals surface area contributed by atoms with Gasteiger partial charge in [-0.2, -0.15) is 5.10 Å². The summed E-state index contributed by atoms with van der Waals surface area (Å²) in [6.45, 7) is 0.920. The van der Waals surface area contributed by atoms with Crippen molar-refractivity contribution >= 4 is 17.5 Å². The highest BCUT2D eigenvalue weighted by atomic mass is 35.5. The first-order valence-corrected chi connectivity index (χ1v) is 12.2. The van der Waals surface area contributed by atoms with E-state index in [4.69, 9.17) is 11.6 Å². The smallest absolute Gasteiger partial charge is 0.240 e. The summed E-state index contributed by atoms with van der Waals surface area (Å²) in [5.74, 6) is -1.47. The van der Waals surface area contributed by atoms with Crippen molar-refractivity contribution in [1.82, 2.24) is 20.4 Å². The summed E-state index contributed by atoms with van der Waals surface area (Å²) in [7, 11) is 0. The van der Waals surface area contributed by atoms with E-state index in [9.17, 15) is 18.7 Å². The van der Waals surface area contributed by atoms with Crippen molar-refractivity contribution in [2.75, 3.05) is 6.54 Å². The molecular formula is C28H25ClF2N4O2. The third-order valence-corrected chi connectivity index (χ3v) is 6.98. The Kier molecular flexibility index (Phi) is 7.32. The average Bonchev–Trinajstić information content (AvgIpc) is 3.49. The predicted octanol–water partition coefficient (Wildman–Crippen LogP) is 4.65. The van der Waals surface area contributed by atoms with E-state index in [2.05, 4.69) is 15.5 Å². The van der Waals surface area contributed by atoms with Crippen LogP contribution in [-0.2, 0) is 17.9 Å². The number of rotatable bonds is 7. The lowest BCUT2D eigenvalue weighted by Gasteiger charge is -2.25. The lowest BCUT2D eigenvalue weighted by Crippen LogP contribution is -2.47. The van der Waals surface area contributed by atoms with Gasteiger partial charge in [0.2, 0.25) is 5.91 Å². The standard InChI is InChI=1S/C28H25ClF2N4O2/c29-21-7-3-19(4-8-21)25-20(14-33-34-25)15-35-16-24(18-5-11-23(31)12-6-18)27(36)26(35)28(37)32-13-17-1-9-22(30)10-2-17/h1-12,14,24,26-27,36H,13,15-16H2,(H,32,37)(H,33,34)/t24-,26+,27-/m1/s1. The number of benzene rings is 3. The molecule has 0 aliphatic carbocycles. The molecule has 37 heavy (non-hydrogen) atoms. The van der Waals surface area contributed by atoms with Crippen LogP contribution in [0.5, 0.6) is 0 Å². The number of likely N-dealkylation sites (tertiary alicyclic amines) is 1. The molecule has 2 heterocycles. The van der Waals surface area contributed by atoms with Gasteiger partial charge in [-0.1, -0.05) is 48.0 Å². The Balaban J connectivity index is 1.40. The SMILES string of the molecule is O=C(NCc1ccc(F)cc1)[C@@H]1[C@H](O)[C@@H](c2ccc(F)cc2)CN1Cc1cn[nH]c1-c1ccc(Cl)cc1. The number of amides is 1. The number of hydrogen-bond donors (Lipinski definition) is 3. The maximum absolute atomic E-state index is 13.5. The first kappa shape index (κ1) is 25.1. The van der Waals surface area contributed by atoms with E-state index in [0.717, 1.165) is 27.9 Å². The molecule has 6 nitrogen and oxygen atoms in total. The molecule has 1 fully saturated rings. The largest absolute Gasteiger partial charge is 0.390 e. The van der Waals surface area contributed by atoms with Gasteiger partial charge in [-0.05, 0) is 53.1 Å². The van der Waals surface area contributed by atoms with Gasteiger partial charge in [0, 0.05) is 36.1 Å². The summed E-state index contributed by atoms with van der Waals surface area (Å²) in [4.78, 5) is 15.3. The Morgan fingerprint density at radius 3 is 2.35 bits per heavy atom. The van der Waals surface area contributed by atoms with Crippen molar-refractivity contribution in [2.24, 2.45) is 0 Å².